The van der Waals surface area contributed by atoms with Gasteiger partial charge in [-0.05, 0) is 23.8 Å². The molecule has 0 aliphatic heterocycles. The molecule has 2 aromatic rings. The van der Waals surface area contributed by atoms with Gasteiger partial charge in [0.05, 0.1) is 12.6 Å². The van der Waals surface area contributed by atoms with E-state index in [-0.39, 0.29) is 12.6 Å². The Morgan fingerprint density at radius 2 is 2.29 bits per heavy atom. The van der Waals surface area contributed by atoms with Crippen molar-refractivity contribution in [2.24, 2.45) is 5.73 Å². The van der Waals surface area contributed by atoms with Crippen molar-refractivity contribution < 1.29 is 5.11 Å². The maximum Gasteiger partial charge on any atom is 0.0625 e. The van der Waals surface area contributed by atoms with Crippen LogP contribution in [0.4, 0.5) is 0 Å². The maximum absolute atomic E-state index is 8.98. The minimum Gasteiger partial charge on any atom is -0.394 e. The van der Waals surface area contributed by atoms with E-state index in [0.29, 0.717) is 0 Å². The number of hydrogen-bond acceptors (Lipinski definition) is 2. The fourth-order valence-corrected chi connectivity index (χ4v) is 1.88. The van der Waals surface area contributed by atoms with Crippen LogP contribution in [0.5, 0.6) is 0 Å². The Morgan fingerprint density at radius 3 is 3.00 bits per heavy atom. The van der Waals surface area contributed by atoms with Crippen LogP contribution in [0, 0.1) is 0 Å². The molecule has 1 heterocycles. The lowest BCUT2D eigenvalue weighted by atomic mass is 10.1. The second-order valence-corrected chi connectivity index (χ2v) is 4.14. The number of nitrogens with two attached hydrogens (primary N) is 1. The Balaban J connectivity index is 2.61. The Kier molecular flexibility index (Phi) is 2.58. The molecule has 0 unspecified atom stereocenters. The van der Waals surface area contributed by atoms with Crippen LogP contribution in [-0.4, -0.2) is 16.7 Å². The highest BCUT2D eigenvalue weighted by atomic mass is 79.9. The van der Waals surface area contributed by atoms with Crippen LogP contribution in [-0.2, 0) is 0 Å². The van der Waals surface area contributed by atoms with Crippen molar-refractivity contribution in [2.45, 2.75) is 6.04 Å². The normalized spacial score (nSPS) is 13.4. The molecule has 14 heavy (non-hydrogen) atoms. The molecule has 1 aromatic heterocycles. The standard InChI is InChI=1S/C10H11BrN2O/c11-6-1-2-10-7(3-6)8(4-13-10)9(12)5-14/h1-4,9,13-14H,5,12H2/t9-/m1/s1. The Hall–Kier alpha value is -0.840. The van der Waals surface area contributed by atoms with Crippen LogP contribution in [0.3, 0.4) is 0 Å². The molecule has 74 valence electrons. The van der Waals surface area contributed by atoms with Gasteiger partial charge in [0.15, 0.2) is 0 Å². The van der Waals surface area contributed by atoms with Gasteiger partial charge in [-0.25, -0.2) is 0 Å². The molecule has 1 aromatic carbocycles. The quantitative estimate of drug-likeness (QED) is 0.767. The second kappa shape index (κ2) is 3.73. The van der Waals surface area contributed by atoms with Gasteiger partial charge < -0.3 is 15.8 Å². The molecule has 0 bridgehead atoms. The van der Waals surface area contributed by atoms with E-state index in [1.807, 2.05) is 24.4 Å². The third-order valence-electron chi connectivity index (χ3n) is 2.27. The molecule has 3 nitrogen and oxygen atoms in total. The Labute approximate surface area is 90.1 Å². The number of fused-ring (bicyclic) bond motifs is 1. The largest absolute Gasteiger partial charge is 0.394 e. The van der Waals surface area contributed by atoms with Gasteiger partial charge in [-0.15, -0.1) is 0 Å². The van der Waals surface area contributed by atoms with E-state index in [4.69, 9.17) is 10.8 Å². The van der Waals surface area contributed by atoms with Crippen molar-refractivity contribution in [1.29, 1.82) is 0 Å². The summed E-state index contributed by atoms with van der Waals surface area (Å²) in [6.45, 7) is -0.0422. The first-order valence-electron chi connectivity index (χ1n) is 4.35. The Bertz CT molecular complexity index is 452. The molecule has 0 saturated carbocycles. The predicted octanol–water partition coefficient (Wildman–Crippen LogP) is 1.92. The van der Waals surface area contributed by atoms with Gasteiger partial charge in [0.25, 0.3) is 0 Å². The number of aromatic nitrogens is 1. The summed E-state index contributed by atoms with van der Waals surface area (Å²) >= 11 is 3.41. The van der Waals surface area contributed by atoms with E-state index >= 15 is 0 Å². The third kappa shape index (κ3) is 1.56. The first-order valence-corrected chi connectivity index (χ1v) is 5.14. The number of benzene rings is 1. The SMILES string of the molecule is N[C@H](CO)c1c[nH]c2ccc(Br)cc12. The zero-order valence-electron chi connectivity index (χ0n) is 7.50. The number of aliphatic hydroxyl groups excluding tert-OH is 1. The molecule has 4 heteroatoms. The molecular weight excluding hydrogens is 244 g/mol. The topological polar surface area (TPSA) is 62.0 Å². The molecule has 0 aliphatic carbocycles. The summed E-state index contributed by atoms with van der Waals surface area (Å²) in [6, 6.07) is 5.62. The molecule has 4 N–H and O–H groups in total. The van der Waals surface area contributed by atoms with Crippen LogP contribution in [0.25, 0.3) is 10.9 Å². The average molecular weight is 255 g/mol. The van der Waals surface area contributed by atoms with Crippen molar-refractivity contribution >= 4 is 26.8 Å². The van der Waals surface area contributed by atoms with Gasteiger partial charge in [-0.1, -0.05) is 15.9 Å². The summed E-state index contributed by atoms with van der Waals surface area (Å²) in [5.74, 6) is 0. The second-order valence-electron chi connectivity index (χ2n) is 3.22. The number of aromatic amines is 1. The van der Waals surface area contributed by atoms with Crippen molar-refractivity contribution in [3.05, 3.63) is 34.4 Å². The van der Waals surface area contributed by atoms with Gasteiger partial charge in [0.2, 0.25) is 0 Å². The van der Waals surface area contributed by atoms with E-state index < -0.39 is 0 Å². The van der Waals surface area contributed by atoms with Gasteiger partial charge >= 0.3 is 0 Å². The van der Waals surface area contributed by atoms with Gasteiger partial charge in [-0.3, -0.25) is 0 Å². The number of hydrogen-bond donors (Lipinski definition) is 3. The van der Waals surface area contributed by atoms with E-state index in [1.165, 1.54) is 0 Å². The van der Waals surface area contributed by atoms with Crippen molar-refractivity contribution in [3.63, 3.8) is 0 Å². The maximum atomic E-state index is 8.98. The number of H-pyrrole nitrogens is 1. The summed E-state index contributed by atoms with van der Waals surface area (Å²) in [5.41, 5.74) is 7.75. The monoisotopic (exact) mass is 254 g/mol. The Morgan fingerprint density at radius 1 is 1.50 bits per heavy atom. The lowest BCUT2D eigenvalue weighted by Gasteiger charge is -2.05. The van der Waals surface area contributed by atoms with Gasteiger partial charge in [0, 0.05) is 21.6 Å². The first-order chi connectivity index (χ1) is 6.72. The molecule has 0 saturated heterocycles. The highest BCUT2D eigenvalue weighted by molar-refractivity contribution is 9.10. The van der Waals surface area contributed by atoms with Crippen molar-refractivity contribution in [2.75, 3.05) is 6.61 Å². The van der Waals surface area contributed by atoms with Crippen LogP contribution in [0.15, 0.2) is 28.9 Å². The molecule has 1 atom stereocenters. The summed E-state index contributed by atoms with van der Waals surface area (Å²) < 4.78 is 1.01. The lowest BCUT2D eigenvalue weighted by Crippen LogP contribution is -2.13. The van der Waals surface area contributed by atoms with Gasteiger partial charge in [0.1, 0.15) is 0 Å². The lowest BCUT2D eigenvalue weighted by molar-refractivity contribution is 0.268. The molecule has 2 rings (SSSR count). The van der Waals surface area contributed by atoms with Crippen LogP contribution >= 0.6 is 15.9 Å². The number of nitrogens with one attached hydrogen (secondary N) is 1. The minimum absolute atomic E-state index is 0.0422. The zero-order chi connectivity index (χ0) is 10.1. The van der Waals surface area contributed by atoms with E-state index in [1.54, 1.807) is 0 Å². The van der Waals surface area contributed by atoms with Crippen molar-refractivity contribution in [1.82, 2.24) is 4.98 Å². The predicted molar refractivity (Wildman–Crippen MR) is 60.0 cm³/mol. The van der Waals surface area contributed by atoms with Gasteiger partial charge in [-0.2, -0.15) is 0 Å². The van der Waals surface area contributed by atoms with E-state index in [2.05, 4.69) is 20.9 Å². The highest BCUT2D eigenvalue weighted by Crippen LogP contribution is 2.25. The summed E-state index contributed by atoms with van der Waals surface area (Å²) in [6.07, 6.45) is 1.85. The molecular formula is C10H11BrN2O. The molecule has 0 radical (unpaired) electrons. The summed E-state index contributed by atoms with van der Waals surface area (Å²) in [4.78, 5) is 3.12. The van der Waals surface area contributed by atoms with Crippen LogP contribution in [0.2, 0.25) is 0 Å². The molecule has 0 amide bonds. The van der Waals surface area contributed by atoms with Crippen LogP contribution < -0.4 is 5.73 Å². The molecule has 0 fully saturated rings. The average Bonchev–Trinajstić information content (AvgIpc) is 2.59. The third-order valence-corrected chi connectivity index (χ3v) is 2.77. The minimum atomic E-state index is -0.321. The van der Waals surface area contributed by atoms with Crippen molar-refractivity contribution in [3.8, 4) is 0 Å². The first kappa shape index (κ1) is 9.71. The number of halogens is 1. The summed E-state index contributed by atoms with van der Waals surface area (Å²) in [5, 5.41) is 10.0. The van der Waals surface area contributed by atoms with E-state index in [0.717, 1.165) is 20.9 Å². The zero-order valence-corrected chi connectivity index (χ0v) is 9.08. The van der Waals surface area contributed by atoms with Crippen LogP contribution in [0.1, 0.15) is 11.6 Å². The smallest absolute Gasteiger partial charge is 0.0625 e. The fraction of sp³-hybridized carbons (Fsp3) is 0.200. The molecule has 0 spiro atoms. The number of rotatable bonds is 2. The number of aliphatic hydroxyl groups is 1. The molecule has 0 aliphatic rings. The summed E-state index contributed by atoms with van der Waals surface area (Å²) in [7, 11) is 0. The van der Waals surface area contributed by atoms with E-state index in [9.17, 15) is 0 Å². The fourth-order valence-electron chi connectivity index (χ4n) is 1.52. The highest BCUT2D eigenvalue weighted by Gasteiger charge is 2.10.